The molecule has 49 heavy (non-hydrogen) atoms. The van der Waals surface area contributed by atoms with Crippen LogP contribution in [-0.2, 0) is 0 Å². The molecule has 1 heterocycles. The van der Waals surface area contributed by atoms with E-state index >= 15 is 0 Å². The standard InChI is InChI=1S/C45H31N3S/c1-6-18-32(19-7-1)45-46-43-40-30-37(47(33-20-8-2-9-21-33)34-22-10-3-11-23-34)31-41(42(40)38-28-16-17-29-39(38)44(43)49-45)48(35-24-12-4-13-25-35)36-26-14-5-15-27-36/h1-31H. The van der Waals surface area contributed by atoms with Crippen LogP contribution in [0.15, 0.2) is 188 Å². The Labute approximate surface area is 289 Å². The molecule has 8 aromatic carbocycles. The Hall–Kier alpha value is -6.23. The van der Waals surface area contributed by atoms with Gasteiger partial charge in [-0.3, -0.25) is 0 Å². The number of hydrogen-bond donors (Lipinski definition) is 0. The van der Waals surface area contributed by atoms with Gasteiger partial charge in [-0.05, 0) is 66.0 Å². The van der Waals surface area contributed by atoms with E-state index in [0.717, 1.165) is 55.6 Å². The molecular weight excluding hydrogens is 615 g/mol. The summed E-state index contributed by atoms with van der Waals surface area (Å²) in [6.07, 6.45) is 0. The van der Waals surface area contributed by atoms with Gasteiger partial charge >= 0.3 is 0 Å². The van der Waals surface area contributed by atoms with E-state index in [9.17, 15) is 0 Å². The smallest absolute Gasteiger partial charge is 0.124 e. The van der Waals surface area contributed by atoms with Crippen molar-refractivity contribution in [3.05, 3.63) is 188 Å². The van der Waals surface area contributed by atoms with E-state index in [-0.39, 0.29) is 0 Å². The van der Waals surface area contributed by atoms with Crippen molar-refractivity contribution in [3.8, 4) is 10.6 Å². The molecule has 0 aliphatic heterocycles. The van der Waals surface area contributed by atoms with E-state index in [0.29, 0.717) is 0 Å². The van der Waals surface area contributed by atoms with Crippen LogP contribution in [0.1, 0.15) is 0 Å². The summed E-state index contributed by atoms with van der Waals surface area (Å²) >= 11 is 1.77. The maximum atomic E-state index is 5.43. The zero-order valence-corrected chi connectivity index (χ0v) is 27.5. The summed E-state index contributed by atoms with van der Waals surface area (Å²) < 4.78 is 1.20. The molecule has 4 heteroatoms. The van der Waals surface area contributed by atoms with Crippen molar-refractivity contribution in [1.29, 1.82) is 0 Å². The Bertz CT molecular complexity index is 2450. The van der Waals surface area contributed by atoms with Crippen molar-refractivity contribution in [2.75, 3.05) is 9.80 Å². The molecule has 0 unspecified atom stereocenters. The number of fused-ring (bicyclic) bond motifs is 6. The highest BCUT2D eigenvalue weighted by molar-refractivity contribution is 7.22. The summed E-state index contributed by atoms with van der Waals surface area (Å²) in [7, 11) is 0. The quantitative estimate of drug-likeness (QED) is 0.161. The maximum Gasteiger partial charge on any atom is 0.124 e. The van der Waals surface area contributed by atoms with E-state index in [2.05, 4.69) is 198 Å². The number of para-hydroxylation sites is 4. The summed E-state index contributed by atoms with van der Waals surface area (Å²) in [5.74, 6) is 0. The van der Waals surface area contributed by atoms with Gasteiger partial charge in [0.2, 0.25) is 0 Å². The molecule has 0 bridgehead atoms. The van der Waals surface area contributed by atoms with Gasteiger partial charge in [-0.15, -0.1) is 11.3 Å². The lowest BCUT2D eigenvalue weighted by Crippen LogP contribution is -2.14. The minimum absolute atomic E-state index is 1.02. The topological polar surface area (TPSA) is 19.4 Å². The number of hydrogen-bond acceptors (Lipinski definition) is 4. The highest BCUT2D eigenvalue weighted by Gasteiger charge is 2.24. The van der Waals surface area contributed by atoms with Crippen molar-refractivity contribution in [1.82, 2.24) is 4.98 Å². The van der Waals surface area contributed by atoms with Gasteiger partial charge in [0.15, 0.2) is 0 Å². The van der Waals surface area contributed by atoms with Crippen molar-refractivity contribution in [2.24, 2.45) is 0 Å². The fourth-order valence-electron chi connectivity index (χ4n) is 6.86. The van der Waals surface area contributed by atoms with E-state index < -0.39 is 0 Å². The molecule has 9 rings (SSSR count). The first-order valence-electron chi connectivity index (χ1n) is 16.5. The van der Waals surface area contributed by atoms with Gasteiger partial charge in [-0.2, -0.15) is 0 Å². The summed E-state index contributed by atoms with van der Waals surface area (Å²) in [4.78, 5) is 10.2. The lowest BCUT2D eigenvalue weighted by Gasteiger charge is -2.31. The molecule has 0 fully saturated rings. The first-order chi connectivity index (χ1) is 24.3. The van der Waals surface area contributed by atoms with Crippen LogP contribution in [0.3, 0.4) is 0 Å². The SMILES string of the molecule is c1ccc(-c2nc3c4cc(N(c5ccccc5)c5ccccc5)cc(N(c5ccccc5)c5ccccc5)c4c4ccccc4c3s2)cc1. The van der Waals surface area contributed by atoms with Crippen LogP contribution in [0.2, 0.25) is 0 Å². The summed E-state index contributed by atoms with van der Waals surface area (Å²) in [5, 5.41) is 5.73. The normalized spacial score (nSPS) is 11.3. The second kappa shape index (κ2) is 12.4. The van der Waals surface area contributed by atoms with E-state index in [1.54, 1.807) is 11.3 Å². The first kappa shape index (κ1) is 29.0. The third-order valence-corrected chi connectivity index (χ3v) is 10.1. The van der Waals surface area contributed by atoms with E-state index in [1.807, 2.05) is 0 Å². The average molecular weight is 646 g/mol. The molecule has 0 atom stereocenters. The number of benzene rings is 8. The molecular formula is C45H31N3S. The fourth-order valence-corrected chi connectivity index (χ4v) is 7.98. The van der Waals surface area contributed by atoms with Gasteiger partial charge in [0, 0.05) is 50.2 Å². The maximum absolute atomic E-state index is 5.43. The van der Waals surface area contributed by atoms with Gasteiger partial charge in [0.1, 0.15) is 5.01 Å². The number of thiazole rings is 1. The van der Waals surface area contributed by atoms with Crippen LogP contribution in [0.25, 0.3) is 42.3 Å². The molecule has 0 aliphatic carbocycles. The van der Waals surface area contributed by atoms with Gasteiger partial charge in [-0.25, -0.2) is 4.98 Å². The summed E-state index contributed by atoms with van der Waals surface area (Å²) in [5.41, 5.74) is 8.65. The number of rotatable bonds is 7. The average Bonchev–Trinajstić information content (AvgIpc) is 3.64. The summed E-state index contributed by atoms with van der Waals surface area (Å²) in [6.45, 7) is 0. The van der Waals surface area contributed by atoms with Gasteiger partial charge in [0.25, 0.3) is 0 Å². The van der Waals surface area contributed by atoms with Gasteiger partial charge in [-0.1, -0.05) is 127 Å². The van der Waals surface area contributed by atoms with E-state index in [4.69, 9.17) is 4.98 Å². The minimum Gasteiger partial charge on any atom is -0.310 e. The molecule has 0 saturated carbocycles. The molecule has 0 aliphatic rings. The van der Waals surface area contributed by atoms with Crippen LogP contribution < -0.4 is 9.80 Å². The van der Waals surface area contributed by atoms with E-state index in [1.165, 1.54) is 20.9 Å². The zero-order valence-electron chi connectivity index (χ0n) is 26.6. The van der Waals surface area contributed by atoms with Crippen LogP contribution in [0.5, 0.6) is 0 Å². The van der Waals surface area contributed by atoms with Crippen LogP contribution in [-0.4, -0.2) is 4.98 Å². The van der Waals surface area contributed by atoms with Crippen molar-refractivity contribution in [2.45, 2.75) is 0 Å². The minimum atomic E-state index is 1.02. The van der Waals surface area contributed by atoms with Gasteiger partial charge in [0.05, 0.1) is 15.9 Å². The van der Waals surface area contributed by atoms with Crippen LogP contribution in [0.4, 0.5) is 34.1 Å². The number of aromatic nitrogens is 1. The molecule has 0 spiro atoms. The second-order valence-electron chi connectivity index (χ2n) is 12.0. The van der Waals surface area contributed by atoms with Gasteiger partial charge < -0.3 is 9.80 Å². The molecule has 3 nitrogen and oxygen atoms in total. The van der Waals surface area contributed by atoms with Crippen molar-refractivity contribution >= 4 is 77.2 Å². The molecule has 0 saturated heterocycles. The predicted octanol–water partition coefficient (Wildman–Crippen LogP) is 13.2. The predicted molar refractivity (Wildman–Crippen MR) is 209 cm³/mol. The number of nitrogens with zero attached hydrogens (tertiary/aromatic N) is 3. The monoisotopic (exact) mass is 645 g/mol. The van der Waals surface area contributed by atoms with Crippen LogP contribution >= 0.6 is 11.3 Å². The highest BCUT2D eigenvalue weighted by atomic mass is 32.1. The molecule has 1 aromatic heterocycles. The lowest BCUT2D eigenvalue weighted by molar-refractivity contribution is 1.26. The molecule has 0 amide bonds. The lowest BCUT2D eigenvalue weighted by atomic mass is 9.96. The molecule has 232 valence electrons. The molecule has 0 radical (unpaired) electrons. The summed E-state index contributed by atoms with van der Waals surface area (Å²) in [6, 6.07) is 66.6. The third kappa shape index (κ3) is 5.20. The highest BCUT2D eigenvalue weighted by Crippen LogP contribution is 2.49. The van der Waals surface area contributed by atoms with Crippen molar-refractivity contribution < 1.29 is 0 Å². The van der Waals surface area contributed by atoms with Crippen LogP contribution in [0, 0.1) is 0 Å². The Morgan fingerprint density at radius 1 is 0.388 bits per heavy atom. The number of anilines is 6. The Morgan fingerprint density at radius 2 is 0.837 bits per heavy atom. The Morgan fingerprint density at radius 3 is 1.37 bits per heavy atom. The zero-order chi connectivity index (χ0) is 32.6. The fraction of sp³-hybridized carbons (Fsp3) is 0. The van der Waals surface area contributed by atoms with Crippen molar-refractivity contribution in [3.63, 3.8) is 0 Å². The molecule has 9 aromatic rings. The first-order valence-corrected chi connectivity index (χ1v) is 17.3. The largest absolute Gasteiger partial charge is 0.310 e. The second-order valence-corrected chi connectivity index (χ2v) is 13.0. The Balaban J connectivity index is 1.45. The Kier molecular flexibility index (Phi) is 7.34. The molecule has 0 N–H and O–H groups in total. The third-order valence-electron chi connectivity index (χ3n) is 9.00.